The number of hydrogen-bond acceptors (Lipinski definition) is 5. The molecule has 2 aromatic carbocycles. The molecule has 3 aromatic rings. The molecule has 0 spiro atoms. The van der Waals surface area contributed by atoms with Crippen molar-refractivity contribution in [2.75, 3.05) is 7.11 Å². The van der Waals surface area contributed by atoms with Crippen molar-refractivity contribution in [1.82, 2.24) is 9.55 Å². The maximum absolute atomic E-state index is 13.0. The molecule has 3 rings (SSSR count). The monoisotopic (exact) mass is 410 g/mol. The Morgan fingerprint density at radius 3 is 2.45 bits per heavy atom. The fourth-order valence-electron chi connectivity index (χ4n) is 3.01. The minimum Gasteiger partial charge on any atom is -0.469 e. The molecule has 0 N–H and O–H groups in total. The van der Waals surface area contributed by atoms with Crippen molar-refractivity contribution in [3.8, 4) is 0 Å². The van der Waals surface area contributed by atoms with Crippen LogP contribution in [0.4, 0.5) is 0 Å². The highest BCUT2D eigenvalue weighted by Gasteiger charge is 2.15. The summed E-state index contributed by atoms with van der Waals surface area (Å²) in [5.41, 5.74) is 3.08. The largest absolute Gasteiger partial charge is 0.469 e. The van der Waals surface area contributed by atoms with E-state index < -0.39 is 0 Å². The Bertz CT molecular complexity index is 1070. The van der Waals surface area contributed by atoms with Crippen LogP contribution < -0.4 is 5.56 Å². The zero-order valence-electron chi connectivity index (χ0n) is 17.3. The van der Waals surface area contributed by atoms with Gasteiger partial charge in [0.1, 0.15) is 0 Å². The zero-order chi connectivity index (χ0) is 21.0. The Morgan fingerprint density at radius 2 is 1.79 bits per heavy atom. The second-order valence-corrected chi connectivity index (χ2v) is 8.87. The van der Waals surface area contributed by atoms with Crippen molar-refractivity contribution in [3.05, 3.63) is 70.0 Å². The van der Waals surface area contributed by atoms with Crippen LogP contribution in [-0.2, 0) is 27.2 Å². The number of nitrogens with zero attached hydrogens (tertiary/aromatic N) is 2. The summed E-state index contributed by atoms with van der Waals surface area (Å²) >= 11 is 1.50. The SMILES string of the molecule is COC(=O)CCn1c(SCc2ccc(C(C)(C)C)cc2)nc2ccccc2c1=O. The van der Waals surface area contributed by atoms with Gasteiger partial charge in [-0.1, -0.05) is 68.9 Å². The topological polar surface area (TPSA) is 61.2 Å². The molecule has 0 unspecified atom stereocenters. The van der Waals surface area contributed by atoms with E-state index in [0.717, 1.165) is 5.56 Å². The van der Waals surface area contributed by atoms with E-state index in [4.69, 9.17) is 4.74 Å². The van der Waals surface area contributed by atoms with Gasteiger partial charge in [-0.25, -0.2) is 4.98 Å². The summed E-state index contributed by atoms with van der Waals surface area (Å²) in [5, 5.41) is 1.16. The van der Waals surface area contributed by atoms with Gasteiger partial charge in [-0.15, -0.1) is 0 Å². The molecule has 5 nitrogen and oxygen atoms in total. The average molecular weight is 411 g/mol. The van der Waals surface area contributed by atoms with Gasteiger partial charge in [-0.05, 0) is 28.7 Å². The molecule has 0 fully saturated rings. The second kappa shape index (κ2) is 8.82. The van der Waals surface area contributed by atoms with Crippen LogP contribution in [0.3, 0.4) is 0 Å². The summed E-state index contributed by atoms with van der Waals surface area (Å²) in [4.78, 5) is 29.3. The summed E-state index contributed by atoms with van der Waals surface area (Å²) in [6.45, 7) is 6.82. The number of thioether (sulfide) groups is 1. The van der Waals surface area contributed by atoms with Crippen molar-refractivity contribution in [2.24, 2.45) is 0 Å². The van der Waals surface area contributed by atoms with Gasteiger partial charge in [0.25, 0.3) is 5.56 Å². The minimum absolute atomic E-state index is 0.111. The number of hydrogen-bond donors (Lipinski definition) is 0. The molecule has 152 valence electrons. The third-order valence-electron chi connectivity index (χ3n) is 4.78. The lowest BCUT2D eigenvalue weighted by molar-refractivity contribution is -0.140. The molecule has 0 atom stereocenters. The fourth-order valence-corrected chi connectivity index (χ4v) is 3.99. The smallest absolute Gasteiger partial charge is 0.307 e. The van der Waals surface area contributed by atoms with Crippen LogP contribution >= 0.6 is 11.8 Å². The van der Waals surface area contributed by atoms with E-state index in [1.807, 2.05) is 18.2 Å². The molecule has 29 heavy (non-hydrogen) atoms. The van der Waals surface area contributed by atoms with Crippen LogP contribution in [0, 0.1) is 0 Å². The molecule has 0 saturated heterocycles. The lowest BCUT2D eigenvalue weighted by Gasteiger charge is -2.19. The Balaban J connectivity index is 1.88. The first-order valence-corrected chi connectivity index (χ1v) is 10.6. The number of ether oxygens (including phenoxy) is 1. The van der Waals surface area contributed by atoms with Crippen LogP contribution in [0.1, 0.15) is 38.3 Å². The third-order valence-corrected chi connectivity index (χ3v) is 5.83. The lowest BCUT2D eigenvalue weighted by Crippen LogP contribution is -2.24. The van der Waals surface area contributed by atoms with E-state index in [1.165, 1.54) is 24.4 Å². The van der Waals surface area contributed by atoms with Crippen molar-refractivity contribution in [2.45, 2.75) is 50.1 Å². The highest BCUT2D eigenvalue weighted by atomic mass is 32.2. The molecule has 0 saturated carbocycles. The highest BCUT2D eigenvalue weighted by molar-refractivity contribution is 7.98. The molecule has 0 aliphatic rings. The Morgan fingerprint density at radius 1 is 1.10 bits per heavy atom. The average Bonchev–Trinajstić information content (AvgIpc) is 2.71. The van der Waals surface area contributed by atoms with Crippen molar-refractivity contribution in [3.63, 3.8) is 0 Å². The number of methoxy groups -OCH3 is 1. The standard InChI is InChI=1S/C23H26N2O3S/c1-23(2,3)17-11-9-16(10-12-17)15-29-22-24-19-8-6-5-7-18(19)21(27)25(22)14-13-20(26)28-4/h5-12H,13-15H2,1-4H3. The third kappa shape index (κ3) is 5.07. The number of benzene rings is 2. The highest BCUT2D eigenvalue weighted by Crippen LogP contribution is 2.26. The van der Waals surface area contributed by atoms with Gasteiger partial charge >= 0.3 is 5.97 Å². The number of para-hydroxylation sites is 1. The molecule has 0 aliphatic heterocycles. The Hall–Kier alpha value is -2.60. The molecule has 6 heteroatoms. The number of fused-ring (bicyclic) bond motifs is 1. The molecule has 0 aliphatic carbocycles. The van der Waals surface area contributed by atoms with Gasteiger partial charge in [0.05, 0.1) is 24.4 Å². The van der Waals surface area contributed by atoms with Crippen LogP contribution in [0.5, 0.6) is 0 Å². The first-order chi connectivity index (χ1) is 13.8. The maximum atomic E-state index is 13.0. The van der Waals surface area contributed by atoms with E-state index in [0.29, 0.717) is 21.8 Å². The summed E-state index contributed by atoms with van der Waals surface area (Å²) in [5.74, 6) is 0.340. The summed E-state index contributed by atoms with van der Waals surface area (Å²) in [6.07, 6.45) is 0.129. The van der Waals surface area contributed by atoms with Gasteiger partial charge in [-0.2, -0.15) is 0 Å². The van der Waals surface area contributed by atoms with Gasteiger partial charge in [0.15, 0.2) is 5.16 Å². The molecule has 0 bridgehead atoms. The van der Waals surface area contributed by atoms with E-state index in [2.05, 4.69) is 50.0 Å². The lowest BCUT2D eigenvalue weighted by atomic mass is 9.87. The molecule has 0 radical (unpaired) electrons. The van der Waals surface area contributed by atoms with Crippen molar-refractivity contribution in [1.29, 1.82) is 0 Å². The van der Waals surface area contributed by atoms with E-state index in [1.54, 1.807) is 10.6 Å². The minimum atomic E-state index is -0.348. The molecule has 1 aromatic heterocycles. The molecule has 1 heterocycles. The van der Waals surface area contributed by atoms with Gasteiger partial charge in [0.2, 0.25) is 0 Å². The van der Waals surface area contributed by atoms with Crippen molar-refractivity contribution >= 4 is 28.6 Å². The van der Waals surface area contributed by atoms with Crippen LogP contribution in [0.25, 0.3) is 10.9 Å². The number of carbonyl (C=O) groups excluding carboxylic acids is 1. The molecular formula is C23H26N2O3S. The second-order valence-electron chi connectivity index (χ2n) is 7.93. The predicted molar refractivity (Wildman–Crippen MR) is 117 cm³/mol. The van der Waals surface area contributed by atoms with Gasteiger partial charge in [0, 0.05) is 12.3 Å². The van der Waals surface area contributed by atoms with Gasteiger partial charge in [-0.3, -0.25) is 14.2 Å². The first-order valence-electron chi connectivity index (χ1n) is 9.58. The molecule has 0 amide bonds. The maximum Gasteiger partial charge on any atom is 0.307 e. The van der Waals surface area contributed by atoms with E-state index in [-0.39, 0.29) is 29.9 Å². The summed E-state index contributed by atoms with van der Waals surface area (Å²) in [6, 6.07) is 15.8. The number of esters is 1. The van der Waals surface area contributed by atoms with Crippen LogP contribution in [0.2, 0.25) is 0 Å². The fraction of sp³-hybridized carbons (Fsp3) is 0.348. The number of rotatable bonds is 6. The van der Waals surface area contributed by atoms with Crippen LogP contribution in [-0.4, -0.2) is 22.6 Å². The zero-order valence-corrected chi connectivity index (χ0v) is 18.1. The van der Waals surface area contributed by atoms with E-state index >= 15 is 0 Å². The number of carbonyl (C=O) groups is 1. The quantitative estimate of drug-likeness (QED) is 0.339. The first kappa shape index (κ1) is 21.1. The Kier molecular flexibility index (Phi) is 6.42. The molecular weight excluding hydrogens is 384 g/mol. The predicted octanol–water partition coefficient (Wildman–Crippen LogP) is 4.55. The van der Waals surface area contributed by atoms with Crippen LogP contribution in [0.15, 0.2) is 58.5 Å². The Labute approximate surface area is 175 Å². The summed E-state index contributed by atoms with van der Waals surface area (Å²) < 4.78 is 6.30. The normalized spacial score (nSPS) is 11.6. The van der Waals surface area contributed by atoms with Gasteiger partial charge < -0.3 is 4.74 Å². The van der Waals surface area contributed by atoms with Crippen molar-refractivity contribution < 1.29 is 9.53 Å². The van der Waals surface area contributed by atoms with E-state index in [9.17, 15) is 9.59 Å². The number of aromatic nitrogens is 2. The summed E-state index contributed by atoms with van der Waals surface area (Å²) in [7, 11) is 1.35.